The molecule has 2 N–H and O–H groups in total. The zero-order valence-electron chi connectivity index (χ0n) is 10.1. The normalized spacial score (nSPS) is 11.5. The summed E-state index contributed by atoms with van der Waals surface area (Å²) in [6.07, 6.45) is -2.09. The van der Waals surface area contributed by atoms with Crippen LogP contribution >= 0.6 is 0 Å². The van der Waals surface area contributed by atoms with Crippen molar-refractivity contribution in [1.29, 1.82) is 0 Å². The summed E-state index contributed by atoms with van der Waals surface area (Å²) in [5.41, 5.74) is 0.309. The summed E-state index contributed by atoms with van der Waals surface area (Å²) in [6, 6.07) is 0. The lowest BCUT2D eigenvalue weighted by molar-refractivity contribution is -0.135. The van der Waals surface area contributed by atoms with Crippen molar-refractivity contribution in [3.63, 3.8) is 0 Å². The highest BCUT2D eigenvalue weighted by molar-refractivity contribution is 5.88. The molecule has 0 aliphatic heterocycles. The summed E-state index contributed by atoms with van der Waals surface area (Å²) in [5.74, 6) is -1.13. The van der Waals surface area contributed by atoms with E-state index >= 15 is 0 Å². The zero-order chi connectivity index (χ0) is 14.3. The second kappa shape index (κ2) is 7.03. The van der Waals surface area contributed by atoms with Crippen molar-refractivity contribution in [3.8, 4) is 0 Å². The first-order valence-corrected chi connectivity index (χ1v) is 5.70. The number of unbranched alkanes of at least 4 members (excludes halogenated alkanes) is 1. The second-order valence-electron chi connectivity index (χ2n) is 3.94. The zero-order valence-corrected chi connectivity index (χ0v) is 10.1. The number of nitrogens with zero attached hydrogens (tertiary/aromatic N) is 2. The molecule has 0 unspecified atom stereocenters. The van der Waals surface area contributed by atoms with Gasteiger partial charge in [-0.05, 0) is 19.4 Å². The minimum atomic E-state index is -4.12. The highest BCUT2D eigenvalue weighted by Crippen LogP contribution is 2.21. The fraction of sp³-hybridized carbons (Fsp3) is 0.545. The standard InChI is InChI=1S/C11H14F3N3O2/c12-11(13,14)3-1-2-4-15-6-9-8(10(18)19)5-16-7-17-9/h5,7,15H,1-4,6H2,(H,18,19). The van der Waals surface area contributed by atoms with Crippen molar-refractivity contribution in [2.24, 2.45) is 0 Å². The number of rotatable bonds is 7. The van der Waals surface area contributed by atoms with E-state index in [2.05, 4.69) is 15.3 Å². The molecule has 0 aliphatic rings. The number of carboxylic acid groups (broad SMARTS) is 1. The van der Waals surface area contributed by atoms with E-state index < -0.39 is 18.6 Å². The predicted octanol–water partition coefficient (Wildman–Crippen LogP) is 2.00. The summed E-state index contributed by atoms with van der Waals surface area (Å²) < 4.78 is 35.6. The molecule has 1 rings (SSSR count). The predicted molar refractivity (Wildman–Crippen MR) is 60.6 cm³/mol. The van der Waals surface area contributed by atoms with Crippen LogP contribution in [0.5, 0.6) is 0 Å². The Kier molecular flexibility index (Phi) is 5.68. The van der Waals surface area contributed by atoms with E-state index in [9.17, 15) is 18.0 Å². The van der Waals surface area contributed by atoms with Gasteiger partial charge in [-0.15, -0.1) is 0 Å². The van der Waals surface area contributed by atoms with Gasteiger partial charge in [0.1, 0.15) is 11.9 Å². The summed E-state index contributed by atoms with van der Waals surface area (Å²) in [7, 11) is 0. The smallest absolute Gasteiger partial charge is 0.389 e. The van der Waals surface area contributed by atoms with Crippen LogP contribution in [0.1, 0.15) is 35.3 Å². The minimum absolute atomic E-state index is 0.00899. The average Bonchev–Trinajstić information content (AvgIpc) is 2.32. The van der Waals surface area contributed by atoms with Gasteiger partial charge in [0, 0.05) is 19.2 Å². The summed E-state index contributed by atoms with van der Waals surface area (Å²) in [5, 5.41) is 11.7. The molecule has 0 radical (unpaired) electrons. The first-order valence-electron chi connectivity index (χ1n) is 5.70. The van der Waals surface area contributed by atoms with Crippen molar-refractivity contribution in [1.82, 2.24) is 15.3 Å². The highest BCUT2D eigenvalue weighted by Gasteiger charge is 2.25. The number of halogens is 3. The Hall–Kier alpha value is -1.70. The number of hydrogen-bond donors (Lipinski definition) is 2. The lowest BCUT2D eigenvalue weighted by Gasteiger charge is -2.07. The number of aromatic nitrogens is 2. The van der Waals surface area contributed by atoms with Gasteiger partial charge in [-0.1, -0.05) is 0 Å². The molecule has 5 nitrogen and oxygen atoms in total. The fourth-order valence-corrected chi connectivity index (χ4v) is 1.46. The molecule has 1 aromatic rings. The number of carboxylic acids is 1. The molecular formula is C11H14F3N3O2. The number of hydrogen-bond acceptors (Lipinski definition) is 4. The fourth-order valence-electron chi connectivity index (χ4n) is 1.46. The minimum Gasteiger partial charge on any atom is -0.478 e. The maximum atomic E-state index is 11.9. The molecule has 0 atom stereocenters. The van der Waals surface area contributed by atoms with Gasteiger partial charge in [-0.3, -0.25) is 0 Å². The molecule has 0 fully saturated rings. The first-order chi connectivity index (χ1) is 8.90. The van der Waals surface area contributed by atoms with Gasteiger partial charge in [0.05, 0.1) is 5.69 Å². The number of carbonyl (C=O) groups is 1. The second-order valence-corrected chi connectivity index (χ2v) is 3.94. The van der Waals surface area contributed by atoms with Crippen LogP contribution in [0.4, 0.5) is 13.2 Å². The molecule has 1 heterocycles. The molecule has 0 bridgehead atoms. The van der Waals surface area contributed by atoms with E-state index in [4.69, 9.17) is 5.11 Å². The van der Waals surface area contributed by atoms with E-state index in [1.807, 2.05) is 0 Å². The Labute approximate surface area is 107 Å². The molecule has 106 valence electrons. The third kappa shape index (κ3) is 6.14. The molecule has 0 aliphatic carbocycles. The molecule has 0 saturated carbocycles. The van der Waals surface area contributed by atoms with E-state index in [1.165, 1.54) is 12.5 Å². The Balaban J connectivity index is 2.28. The van der Waals surface area contributed by atoms with Crippen LogP contribution in [0, 0.1) is 0 Å². The average molecular weight is 277 g/mol. The van der Waals surface area contributed by atoms with Gasteiger partial charge in [0.15, 0.2) is 0 Å². The molecule has 8 heteroatoms. The highest BCUT2D eigenvalue weighted by atomic mass is 19.4. The van der Waals surface area contributed by atoms with Crippen LogP contribution in [-0.2, 0) is 6.54 Å². The summed E-state index contributed by atoms with van der Waals surface area (Å²) in [4.78, 5) is 18.3. The quantitative estimate of drug-likeness (QED) is 0.745. The van der Waals surface area contributed by atoms with E-state index in [-0.39, 0.29) is 18.5 Å². The number of nitrogens with one attached hydrogen (secondary N) is 1. The monoisotopic (exact) mass is 277 g/mol. The molecule has 0 amide bonds. The molecule has 1 aromatic heterocycles. The van der Waals surface area contributed by atoms with Gasteiger partial charge >= 0.3 is 12.1 Å². The Morgan fingerprint density at radius 3 is 2.74 bits per heavy atom. The lowest BCUT2D eigenvalue weighted by atomic mass is 10.2. The lowest BCUT2D eigenvalue weighted by Crippen LogP contribution is -2.19. The van der Waals surface area contributed by atoms with Crippen LogP contribution in [0.25, 0.3) is 0 Å². The van der Waals surface area contributed by atoms with Gasteiger partial charge in [-0.25, -0.2) is 14.8 Å². The van der Waals surface area contributed by atoms with Gasteiger partial charge < -0.3 is 10.4 Å². The van der Waals surface area contributed by atoms with Crippen molar-refractivity contribution < 1.29 is 23.1 Å². The maximum Gasteiger partial charge on any atom is 0.389 e. The van der Waals surface area contributed by atoms with Crippen LogP contribution in [-0.4, -0.2) is 33.8 Å². The first kappa shape index (κ1) is 15.4. The van der Waals surface area contributed by atoms with Gasteiger partial charge in [0.25, 0.3) is 0 Å². The third-order valence-electron chi connectivity index (χ3n) is 2.38. The molecule has 19 heavy (non-hydrogen) atoms. The van der Waals surface area contributed by atoms with Crippen molar-refractivity contribution >= 4 is 5.97 Å². The van der Waals surface area contributed by atoms with E-state index in [0.29, 0.717) is 18.7 Å². The number of aromatic carboxylic acids is 1. The van der Waals surface area contributed by atoms with Crippen molar-refractivity contribution in [2.75, 3.05) is 6.54 Å². The summed E-state index contributed by atoms with van der Waals surface area (Å²) in [6.45, 7) is 0.565. The number of alkyl halides is 3. The largest absolute Gasteiger partial charge is 0.478 e. The SMILES string of the molecule is O=C(O)c1cncnc1CNCCCCC(F)(F)F. The Morgan fingerprint density at radius 2 is 2.11 bits per heavy atom. The van der Waals surface area contributed by atoms with Gasteiger partial charge in [0.2, 0.25) is 0 Å². The van der Waals surface area contributed by atoms with E-state index in [1.54, 1.807) is 0 Å². The van der Waals surface area contributed by atoms with Crippen LogP contribution in [0.15, 0.2) is 12.5 Å². The molecular weight excluding hydrogens is 263 g/mol. The molecule has 0 aromatic carbocycles. The molecule has 0 spiro atoms. The summed E-state index contributed by atoms with van der Waals surface area (Å²) >= 11 is 0. The van der Waals surface area contributed by atoms with Crippen LogP contribution in [0.2, 0.25) is 0 Å². The van der Waals surface area contributed by atoms with Crippen molar-refractivity contribution in [2.45, 2.75) is 32.0 Å². The Bertz CT molecular complexity index is 424. The van der Waals surface area contributed by atoms with Crippen molar-refractivity contribution in [3.05, 3.63) is 23.8 Å². The van der Waals surface area contributed by atoms with Gasteiger partial charge in [-0.2, -0.15) is 13.2 Å². The van der Waals surface area contributed by atoms with E-state index in [0.717, 1.165) is 0 Å². The molecule has 0 saturated heterocycles. The topological polar surface area (TPSA) is 75.1 Å². The maximum absolute atomic E-state index is 11.9. The third-order valence-corrected chi connectivity index (χ3v) is 2.38. The van der Waals surface area contributed by atoms with Crippen LogP contribution in [0.3, 0.4) is 0 Å². The van der Waals surface area contributed by atoms with Crippen LogP contribution < -0.4 is 5.32 Å². The Morgan fingerprint density at radius 1 is 1.37 bits per heavy atom.